The van der Waals surface area contributed by atoms with E-state index in [-0.39, 0.29) is 0 Å². The predicted octanol–water partition coefficient (Wildman–Crippen LogP) is -5.22. The van der Waals surface area contributed by atoms with Crippen LogP contribution in [0.15, 0.2) is 0 Å². The number of rotatable bonds is 9. The van der Waals surface area contributed by atoms with Crippen molar-refractivity contribution in [1.29, 1.82) is 0 Å². The Morgan fingerprint density at radius 2 is 1.43 bits per heavy atom. The normalized spacial score (nSPS) is 21.2. The fourth-order valence-electron chi connectivity index (χ4n) is 1.22. The number of hydrogen-bond donors (Lipinski definition) is 9. The van der Waals surface area contributed by atoms with E-state index >= 15 is 0 Å². The highest BCUT2D eigenvalue weighted by atomic mass is 31.2. The lowest BCUT2D eigenvalue weighted by molar-refractivity contribution is -0.172. The summed E-state index contributed by atoms with van der Waals surface area (Å²) in [4.78, 5) is 28.0. The van der Waals surface area contributed by atoms with Gasteiger partial charge >= 0.3 is 7.82 Å². The molecule has 0 aromatic carbocycles. The van der Waals surface area contributed by atoms with E-state index in [1.807, 2.05) is 0 Å². The average Bonchev–Trinajstić information content (AvgIpc) is 2.40. The van der Waals surface area contributed by atoms with Crippen LogP contribution in [0, 0.1) is 0 Å². The van der Waals surface area contributed by atoms with Crippen molar-refractivity contribution in [2.75, 3.05) is 6.61 Å². The van der Waals surface area contributed by atoms with Gasteiger partial charge in [-0.2, -0.15) is 0 Å². The summed E-state index contributed by atoms with van der Waals surface area (Å²) in [5.74, 6) is -1.81. The molecular weight excluding hydrogens is 319 g/mol. The molecule has 6 unspecified atom stereocenters. The number of aliphatic hydroxyl groups is 7. The summed E-state index contributed by atoms with van der Waals surface area (Å²) in [7, 11) is -5.26. The van der Waals surface area contributed by atoms with Crippen LogP contribution in [-0.2, 0) is 13.9 Å². The number of phosphoric acid groups is 1. The van der Waals surface area contributed by atoms with Crippen molar-refractivity contribution in [3.63, 3.8) is 0 Å². The summed E-state index contributed by atoms with van der Waals surface area (Å²) in [6, 6.07) is 0. The van der Waals surface area contributed by atoms with Crippen LogP contribution in [0.25, 0.3) is 0 Å². The third kappa shape index (κ3) is 6.42. The summed E-state index contributed by atoms with van der Waals surface area (Å²) in [5.41, 5.74) is 0. The maximum Gasteiger partial charge on any atom is 0.472 e. The van der Waals surface area contributed by atoms with Crippen LogP contribution in [0.2, 0.25) is 0 Å². The average molecular weight is 336 g/mol. The van der Waals surface area contributed by atoms with Crippen molar-refractivity contribution < 1.29 is 59.4 Å². The largest absolute Gasteiger partial charge is 0.472 e. The molecule has 21 heavy (non-hydrogen) atoms. The van der Waals surface area contributed by atoms with Crippen LogP contribution in [0.5, 0.6) is 0 Å². The topological polar surface area (TPSA) is 225 Å². The summed E-state index contributed by atoms with van der Waals surface area (Å²) in [5, 5.41) is 63.8. The minimum atomic E-state index is -5.26. The number of Topliss-reactive ketones (excluding diaryl/α,β-unsaturated/α-hetero) is 1. The van der Waals surface area contributed by atoms with Gasteiger partial charge in [0.05, 0.1) is 6.61 Å². The highest BCUT2D eigenvalue weighted by Gasteiger charge is 2.40. The molecule has 0 saturated heterocycles. The van der Waals surface area contributed by atoms with Crippen molar-refractivity contribution in [3.05, 3.63) is 0 Å². The van der Waals surface area contributed by atoms with Gasteiger partial charge in [0.1, 0.15) is 30.5 Å². The van der Waals surface area contributed by atoms with Crippen LogP contribution in [0.4, 0.5) is 0 Å². The highest BCUT2D eigenvalue weighted by molar-refractivity contribution is 7.46. The summed E-state index contributed by atoms with van der Waals surface area (Å²) >= 11 is 0. The van der Waals surface area contributed by atoms with Crippen molar-refractivity contribution in [1.82, 2.24) is 0 Å². The van der Waals surface area contributed by atoms with Gasteiger partial charge in [-0.05, 0) is 0 Å². The quantitative estimate of drug-likeness (QED) is 0.142. The van der Waals surface area contributed by atoms with Gasteiger partial charge in [-0.3, -0.25) is 4.79 Å². The summed E-state index contributed by atoms with van der Waals surface area (Å²) in [6.07, 6.45) is -14.2. The third-order valence-electron chi connectivity index (χ3n) is 2.38. The number of hydrogen-bond acceptors (Lipinski definition) is 10. The number of phosphoric ester groups is 1. The summed E-state index contributed by atoms with van der Waals surface area (Å²) < 4.78 is 13.9. The van der Waals surface area contributed by atoms with Gasteiger partial charge in [0.15, 0.2) is 0 Å². The van der Waals surface area contributed by atoms with Gasteiger partial charge in [0.25, 0.3) is 0 Å². The second-order valence-corrected chi connectivity index (χ2v) is 5.21. The molecular formula is C8H17O12P. The standard InChI is InChI=1S/C8H17O12P/c9-1-2(10)3(11)4(12)5(13)6(14)7(15)8(16)20-21(17,18)19/h2-6,8-14,16H,1H2,(H2,17,18,19). The Labute approximate surface area is 117 Å². The molecule has 0 aliphatic carbocycles. The lowest BCUT2D eigenvalue weighted by atomic mass is 9.97. The molecule has 9 N–H and O–H groups in total. The Kier molecular flexibility index (Phi) is 8.02. The molecule has 0 aromatic rings. The first-order chi connectivity index (χ1) is 9.42. The van der Waals surface area contributed by atoms with Crippen molar-refractivity contribution in [3.8, 4) is 0 Å². The molecule has 6 atom stereocenters. The second-order valence-electron chi connectivity index (χ2n) is 4.02. The van der Waals surface area contributed by atoms with Gasteiger partial charge < -0.3 is 45.5 Å². The van der Waals surface area contributed by atoms with Crippen LogP contribution >= 0.6 is 7.82 Å². The van der Waals surface area contributed by atoms with E-state index in [0.29, 0.717) is 0 Å². The molecule has 0 spiro atoms. The first kappa shape index (κ1) is 20.5. The van der Waals surface area contributed by atoms with Gasteiger partial charge in [-0.25, -0.2) is 9.09 Å². The van der Waals surface area contributed by atoms with E-state index in [0.717, 1.165) is 0 Å². The molecule has 0 rings (SSSR count). The third-order valence-corrected chi connectivity index (χ3v) is 2.85. The van der Waals surface area contributed by atoms with Gasteiger partial charge in [-0.15, -0.1) is 0 Å². The van der Waals surface area contributed by atoms with Crippen LogP contribution in [-0.4, -0.2) is 94.7 Å². The molecule has 0 radical (unpaired) electrons. The van der Waals surface area contributed by atoms with Crippen LogP contribution in [0.3, 0.4) is 0 Å². The van der Waals surface area contributed by atoms with E-state index < -0.39 is 57.0 Å². The second kappa shape index (κ2) is 8.22. The van der Waals surface area contributed by atoms with Crippen LogP contribution < -0.4 is 0 Å². The number of carbonyl (C=O) groups is 1. The van der Waals surface area contributed by atoms with Crippen LogP contribution in [0.1, 0.15) is 0 Å². The Morgan fingerprint density at radius 3 is 1.81 bits per heavy atom. The monoisotopic (exact) mass is 336 g/mol. The number of ketones is 1. The van der Waals surface area contributed by atoms with E-state index in [2.05, 4.69) is 4.52 Å². The molecule has 126 valence electrons. The van der Waals surface area contributed by atoms with Gasteiger partial charge in [0.2, 0.25) is 12.1 Å². The van der Waals surface area contributed by atoms with E-state index in [1.165, 1.54) is 0 Å². The predicted molar refractivity (Wildman–Crippen MR) is 61.3 cm³/mol. The molecule has 0 aliphatic rings. The molecule has 0 fully saturated rings. The Balaban J connectivity index is 4.79. The molecule has 0 aliphatic heterocycles. The first-order valence-corrected chi connectivity index (χ1v) is 6.92. The van der Waals surface area contributed by atoms with Gasteiger partial charge in [0, 0.05) is 0 Å². The number of carbonyl (C=O) groups excluding carboxylic acids is 1. The molecule has 12 nitrogen and oxygen atoms in total. The minimum Gasteiger partial charge on any atom is -0.394 e. The first-order valence-electron chi connectivity index (χ1n) is 5.39. The smallest absolute Gasteiger partial charge is 0.394 e. The Hall–Kier alpha value is -0.500. The minimum absolute atomic E-state index is 1.00. The molecule has 0 bridgehead atoms. The van der Waals surface area contributed by atoms with E-state index in [4.69, 9.17) is 25.1 Å². The molecule has 0 amide bonds. The van der Waals surface area contributed by atoms with E-state index in [9.17, 15) is 29.8 Å². The maximum absolute atomic E-state index is 11.3. The Bertz CT molecular complexity index is 381. The highest BCUT2D eigenvalue weighted by Crippen LogP contribution is 2.37. The fraction of sp³-hybridized carbons (Fsp3) is 0.875. The zero-order valence-corrected chi connectivity index (χ0v) is 11.3. The van der Waals surface area contributed by atoms with E-state index in [1.54, 1.807) is 0 Å². The van der Waals surface area contributed by atoms with Gasteiger partial charge in [-0.1, -0.05) is 0 Å². The molecule has 13 heteroatoms. The zero-order valence-electron chi connectivity index (χ0n) is 10.4. The van der Waals surface area contributed by atoms with Crippen molar-refractivity contribution >= 4 is 13.6 Å². The SMILES string of the molecule is O=C(C(O)OP(=O)(O)O)C(O)C(O)C(O)C(O)C(O)CO. The maximum atomic E-state index is 11.3. The lowest BCUT2D eigenvalue weighted by Gasteiger charge is -2.28. The molecule has 0 heterocycles. The molecule has 0 aromatic heterocycles. The van der Waals surface area contributed by atoms with Crippen molar-refractivity contribution in [2.45, 2.75) is 36.8 Å². The lowest BCUT2D eigenvalue weighted by Crippen LogP contribution is -2.53. The Morgan fingerprint density at radius 1 is 0.952 bits per heavy atom. The summed E-state index contributed by atoms with van der Waals surface area (Å²) in [6.45, 7) is -1.00. The zero-order chi connectivity index (χ0) is 17.0. The molecule has 0 saturated carbocycles. The fourth-order valence-corrected chi connectivity index (χ4v) is 1.58. The number of aliphatic hydroxyl groups excluding tert-OH is 7. The van der Waals surface area contributed by atoms with Crippen molar-refractivity contribution in [2.24, 2.45) is 0 Å².